The molecule has 2 heterocycles. The number of non-ortho nitro benzene ring substituents is 1. The highest BCUT2D eigenvalue weighted by atomic mass is 16.6. The van der Waals surface area contributed by atoms with Crippen LogP contribution in [-0.4, -0.2) is 40.5 Å². The quantitative estimate of drug-likeness (QED) is 0.343. The summed E-state index contributed by atoms with van der Waals surface area (Å²) in [5.74, 6) is -1.54. The summed E-state index contributed by atoms with van der Waals surface area (Å²) in [4.78, 5) is 62.5. The molecule has 4 amide bonds. The van der Waals surface area contributed by atoms with Crippen LogP contribution in [0.2, 0.25) is 0 Å². The maximum Gasteiger partial charge on any atom is 0.269 e. The van der Waals surface area contributed by atoms with Gasteiger partial charge < -0.3 is 4.74 Å². The second kappa shape index (κ2) is 7.09. The van der Waals surface area contributed by atoms with Gasteiger partial charge in [-0.15, -0.1) is 0 Å². The van der Waals surface area contributed by atoms with Crippen molar-refractivity contribution < 1.29 is 28.8 Å². The van der Waals surface area contributed by atoms with E-state index in [4.69, 9.17) is 4.74 Å². The van der Waals surface area contributed by atoms with Crippen molar-refractivity contribution in [3.63, 3.8) is 0 Å². The molecule has 0 atom stereocenters. The first-order valence-corrected chi connectivity index (χ1v) is 9.68. The number of hydrogen-bond acceptors (Lipinski definition) is 7. The van der Waals surface area contributed by atoms with E-state index in [1.54, 1.807) is 0 Å². The molecular weight excluding hydrogens is 430 g/mol. The van der Waals surface area contributed by atoms with E-state index in [1.807, 2.05) is 0 Å². The van der Waals surface area contributed by atoms with Gasteiger partial charge in [0, 0.05) is 19.2 Å². The number of amides is 4. The number of imide groups is 2. The van der Waals surface area contributed by atoms with Crippen LogP contribution in [-0.2, 0) is 0 Å². The Morgan fingerprint density at radius 3 is 1.94 bits per heavy atom. The highest BCUT2D eigenvalue weighted by Crippen LogP contribution is 2.34. The first-order chi connectivity index (χ1) is 15.8. The molecule has 10 heteroatoms. The standard InChI is InChI=1S/C23H13N3O7/c1-24-20(27)16-8-4-13(10-18(16)21(24)28)25-22(29)17-9-7-15(11-19(17)23(25)30)33-14-5-2-12(3-6-14)26(31)32/h2-11H,1H3. The Kier molecular flexibility index (Phi) is 4.31. The van der Waals surface area contributed by atoms with Gasteiger partial charge >= 0.3 is 0 Å². The van der Waals surface area contributed by atoms with Gasteiger partial charge in [0.2, 0.25) is 0 Å². The smallest absolute Gasteiger partial charge is 0.269 e. The zero-order chi connectivity index (χ0) is 23.4. The number of carbonyl (C=O) groups excluding carboxylic acids is 4. The summed E-state index contributed by atoms with van der Waals surface area (Å²) in [6.07, 6.45) is 0. The minimum absolute atomic E-state index is 0.0894. The summed E-state index contributed by atoms with van der Waals surface area (Å²) < 4.78 is 5.67. The van der Waals surface area contributed by atoms with Crippen LogP contribution in [0.5, 0.6) is 11.5 Å². The van der Waals surface area contributed by atoms with E-state index in [2.05, 4.69) is 0 Å². The molecule has 0 saturated carbocycles. The maximum absolute atomic E-state index is 13.1. The molecule has 2 aliphatic heterocycles. The van der Waals surface area contributed by atoms with E-state index in [-0.39, 0.29) is 39.4 Å². The molecule has 3 aromatic carbocycles. The average Bonchev–Trinajstić information content (AvgIpc) is 3.18. The highest BCUT2D eigenvalue weighted by Gasteiger charge is 2.39. The van der Waals surface area contributed by atoms with Crippen LogP contribution >= 0.6 is 0 Å². The van der Waals surface area contributed by atoms with Crippen LogP contribution < -0.4 is 9.64 Å². The maximum atomic E-state index is 13.1. The second-order valence-corrected chi connectivity index (χ2v) is 7.41. The number of ether oxygens (including phenoxy) is 1. The van der Waals surface area contributed by atoms with Crippen molar-refractivity contribution in [3.8, 4) is 11.5 Å². The van der Waals surface area contributed by atoms with Gasteiger partial charge in [0.05, 0.1) is 32.9 Å². The first kappa shape index (κ1) is 20.1. The molecule has 0 saturated heterocycles. The van der Waals surface area contributed by atoms with Crippen LogP contribution in [0.15, 0.2) is 60.7 Å². The number of nitrogens with zero attached hydrogens (tertiary/aromatic N) is 3. The number of rotatable bonds is 4. The normalized spacial score (nSPS) is 14.6. The third-order valence-corrected chi connectivity index (χ3v) is 5.47. The Morgan fingerprint density at radius 2 is 1.24 bits per heavy atom. The first-order valence-electron chi connectivity index (χ1n) is 9.68. The van der Waals surface area contributed by atoms with Crippen LogP contribution in [0.4, 0.5) is 11.4 Å². The minimum atomic E-state index is -0.603. The van der Waals surface area contributed by atoms with Crippen molar-refractivity contribution in [1.29, 1.82) is 0 Å². The molecular formula is C23H13N3O7. The van der Waals surface area contributed by atoms with E-state index in [1.165, 1.54) is 67.7 Å². The zero-order valence-corrected chi connectivity index (χ0v) is 17.0. The number of anilines is 1. The van der Waals surface area contributed by atoms with Crippen molar-refractivity contribution >= 4 is 35.0 Å². The van der Waals surface area contributed by atoms with Gasteiger partial charge in [-0.3, -0.25) is 34.2 Å². The van der Waals surface area contributed by atoms with E-state index in [9.17, 15) is 29.3 Å². The summed E-state index contributed by atoms with van der Waals surface area (Å²) in [6, 6.07) is 14.0. The Morgan fingerprint density at radius 1 is 0.697 bits per heavy atom. The van der Waals surface area contributed by atoms with Crippen molar-refractivity contribution in [2.24, 2.45) is 0 Å². The lowest BCUT2D eigenvalue weighted by Gasteiger charge is -2.14. The van der Waals surface area contributed by atoms with E-state index in [0.29, 0.717) is 5.75 Å². The Labute approximate surface area is 185 Å². The van der Waals surface area contributed by atoms with Crippen LogP contribution in [0, 0.1) is 10.1 Å². The van der Waals surface area contributed by atoms with Crippen LogP contribution in [0.3, 0.4) is 0 Å². The Bertz CT molecular complexity index is 1410. The fourth-order valence-corrected chi connectivity index (χ4v) is 3.78. The predicted molar refractivity (Wildman–Crippen MR) is 114 cm³/mol. The number of nitro groups is 1. The molecule has 162 valence electrons. The number of carbonyl (C=O) groups is 4. The van der Waals surface area contributed by atoms with Crippen molar-refractivity contribution in [2.75, 3.05) is 11.9 Å². The summed E-state index contributed by atoms with van der Waals surface area (Å²) in [5.41, 5.74) is 0.693. The Balaban J connectivity index is 1.44. The second-order valence-electron chi connectivity index (χ2n) is 7.41. The number of nitro benzene ring substituents is 1. The van der Waals surface area contributed by atoms with E-state index in [0.717, 1.165) is 9.80 Å². The monoisotopic (exact) mass is 443 g/mol. The zero-order valence-electron chi connectivity index (χ0n) is 17.0. The number of hydrogen-bond donors (Lipinski definition) is 0. The van der Waals surface area contributed by atoms with Gasteiger partial charge in [-0.25, -0.2) is 4.90 Å². The van der Waals surface area contributed by atoms with Gasteiger partial charge in [0.1, 0.15) is 11.5 Å². The molecule has 33 heavy (non-hydrogen) atoms. The fraction of sp³-hybridized carbons (Fsp3) is 0.0435. The van der Waals surface area contributed by atoms with Crippen molar-refractivity contribution in [1.82, 2.24) is 4.90 Å². The predicted octanol–water partition coefficient (Wildman–Crippen LogP) is 3.41. The molecule has 0 spiro atoms. The van der Waals surface area contributed by atoms with Gasteiger partial charge in [0.25, 0.3) is 29.3 Å². The molecule has 3 aromatic rings. The minimum Gasteiger partial charge on any atom is -0.457 e. The lowest BCUT2D eigenvalue weighted by Crippen LogP contribution is -2.29. The van der Waals surface area contributed by atoms with Gasteiger partial charge in [0.15, 0.2) is 0 Å². The van der Waals surface area contributed by atoms with Gasteiger partial charge in [-0.1, -0.05) is 0 Å². The molecule has 0 bridgehead atoms. The molecule has 0 aromatic heterocycles. The molecule has 0 fully saturated rings. The third-order valence-electron chi connectivity index (χ3n) is 5.47. The van der Waals surface area contributed by atoms with Crippen molar-refractivity contribution in [2.45, 2.75) is 0 Å². The molecule has 5 rings (SSSR count). The van der Waals surface area contributed by atoms with Crippen molar-refractivity contribution in [3.05, 3.63) is 93.0 Å². The number of fused-ring (bicyclic) bond motifs is 2. The average molecular weight is 443 g/mol. The summed E-state index contributed by atoms with van der Waals surface area (Å²) in [7, 11) is 1.36. The van der Waals surface area contributed by atoms with E-state index < -0.39 is 28.6 Å². The molecule has 0 aliphatic carbocycles. The molecule has 2 aliphatic rings. The largest absolute Gasteiger partial charge is 0.457 e. The summed E-state index contributed by atoms with van der Waals surface area (Å²) in [6.45, 7) is 0. The highest BCUT2D eigenvalue weighted by molar-refractivity contribution is 6.35. The third kappa shape index (κ3) is 3.04. The topological polar surface area (TPSA) is 127 Å². The molecule has 0 unspecified atom stereocenters. The molecule has 10 nitrogen and oxygen atoms in total. The van der Waals surface area contributed by atoms with E-state index >= 15 is 0 Å². The van der Waals surface area contributed by atoms with Crippen LogP contribution in [0.25, 0.3) is 0 Å². The number of benzene rings is 3. The molecule has 0 radical (unpaired) electrons. The lowest BCUT2D eigenvalue weighted by molar-refractivity contribution is -0.384. The summed E-state index contributed by atoms with van der Waals surface area (Å²) in [5, 5.41) is 10.8. The fourth-order valence-electron chi connectivity index (χ4n) is 3.78. The van der Waals surface area contributed by atoms with Crippen LogP contribution in [0.1, 0.15) is 41.4 Å². The Hall–Kier alpha value is -4.86. The summed E-state index contributed by atoms with van der Waals surface area (Å²) >= 11 is 0. The van der Waals surface area contributed by atoms with Gasteiger partial charge in [-0.05, 0) is 48.5 Å². The SMILES string of the molecule is CN1C(=O)c2ccc(N3C(=O)c4ccc(Oc5ccc([N+](=O)[O-])cc5)cc4C3=O)cc2C1=O. The molecule has 0 N–H and O–H groups in total. The lowest BCUT2D eigenvalue weighted by atomic mass is 10.1. The van der Waals surface area contributed by atoms with Gasteiger partial charge in [-0.2, -0.15) is 0 Å².